The van der Waals surface area contributed by atoms with Gasteiger partial charge in [-0.05, 0) is 59.9 Å². The summed E-state index contributed by atoms with van der Waals surface area (Å²) in [7, 11) is 0. The molecule has 0 saturated carbocycles. The van der Waals surface area contributed by atoms with E-state index in [1.807, 2.05) is 12.1 Å². The van der Waals surface area contributed by atoms with Crippen molar-refractivity contribution in [2.75, 3.05) is 31.1 Å². The van der Waals surface area contributed by atoms with Crippen LogP contribution in [-0.4, -0.2) is 37.1 Å². The molecule has 0 aromatic heterocycles. The lowest BCUT2D eigenvalue weighted by Gasteiger charge is -2.27. The van der Waals surface area contributed by atoms with Gasteiger partial charge >= 0.3 is 0 Å². The Kier molecular flexibility index (Phi) is 3.57. The summed E-state index contributed by atoms with van der Waals surface area (Å²) in [5.74, 6) is -0.167. The molecule has 98 valence electrons. The minimum Gasteiger partial charge on any atom is -0.370 e. The molecule has 4 heteroatoms. The third-order valence-corrected chi connectivity index (χ3v) is 4.72. The molecule has 2 nitrogen and oxygen atoms in total. The van der Waals surface area contributed by atoms with Crippen LogP contribution in [0, 0.1) is 5.82 Å². The van der Waals surface area contributed by atoms with Gasteiger partial charge in [-0.2, -0.15) is 0 Å². The molecule has 18 heavy (non-hydrogen) atoms. The molecular weight excluding hydrogens is 295 g/mol. The lowest BCUT2D eigenvalue weighted by molar-refractivity contribution is 0.273. The van der Waals surface area contributed by atoms with Gasteiger partial charge in [0, 0.05) is 31.4 Å². The summed E-state index contributed by atoms with van der Waals surface area (Å²) in [6, 6.07) is 6.13. The van der Waals surface area contributed by atoms with Crippen molar-refractivity contribution in [3.8, 4) is 0 Å². The molecule has 1 atom stereocenters. The molecule has 0 N–H and O–H groups in total. The molecule has 3 rings (SSSR count). The van der Waals surface area contributed by atoms with E-state index in [-0.39, 0.29) is 5.82 Å². The monoisotopic (exact) mass is 312 g/mol. The van der Waals surface area contributed by atoms with Gasteiger partial charge in [-0.1, -0.05) is 0 Å². The van der Waals surface area contributed by atoms with E-state index in [2.05, 4.69) is 25.7 Å². The number of anilines is 1. The van der Waals surface area contributed by atoms with Gasteiger partial charge in [0.1, 0.15) is 5.82 Å². The van der Waals surface area contributed by atoms with E-state index in [4.69, 9.17) is 0 Å². The second kappa shape index (κ2) is 5.17. The molecule has 0 amide bonds. The summed E-state index contributed by atoms with van der Waals surface area (Å²) in [6.45, 7) is 4.52. The highest BCUT2D eigenvalue weighted by molar-refractivity contribution is 9.10. The zero-order chi connectivity index (χ0) is 12.5. The van der Waals surface area contributed by atoms with Gasteiger partial charge in [0.2, 0.25) is 0 Å². The summed E-state index contributed by atoms with van der Waals surface area (Å²) in [5, 5.41) is 0. The molecule has 2 heterocycles. The Morgan fingerprint density at radius 1 is 1.17 bits per heavy atom. The van der Waals surface area contributed by atoms with Crippen LogP contribution in [0.1, 0.15) is 19.3 Å². The lowest BCUT2D eigenvalue weighted by atomic mass is 10.2. The second-order valence-corrected chi connectivity index (χ2v) is 6.08. The number of rotatable bonds is 1. The fraction of sp³-hybridized carbons (Fsp3) is 0.571. The second-order valence-electron chi connectivity index (χ2n) is 5.23. The highest BCUT2D eigenvalue weighted by Crippen LogP contribution is 2.27. The molecular formula is C14H18BrFN2. The van der Waals surface area contributed by atoms with Crippen LogP contribution in [0.2, 0.25) is 0 Å². The fourth-order valence-electron chi connectivity index (χ4n) is 3.12. The first kappa shape index (κ1) is 12.4. The predicted octanol–water partition coefficient (Wildman–Crippen LogP) is 3.26. The Balaban J connectivity index is 1.80. The van der Waals surface area contributed by atoms with Crippen LogP contribution in [0.4, 0.5) is 10.1 Å². The maximum Gasteiger partial charge on any atom is 0.139 e. The molecule has 1 aromatic rings. The summed E-state index contributed by atoms with van der Waals surface area (Å²) >= 11 is 3.21. The minimum atomic E-state index is -0.167. The molecule has 0 spiro atoms. The van der Waals surface area contributed by atoms with Gasteiger partial charge in [0.15, 0.2) is 0 Å². The van der Waals surface area contributed by atoms with Gasteiger partial charge < -0.3 is 4.90 Å². The van der Waals surface area contributed by atoms with Crippen molar-refractivity contribution in [3.63, 3.8) is 0 Å². The Morgan fingerprint density at radius 2 is 2.00 bits per heavy atom. The Bertz CT molecular complexity index is 438. The van der Waals surface area contributed by atoms with E-state index in [0.29, 0.717) is 10.5 Å². The minimum absolute atomic E-state index is 0.167. The number of halogens is 2. The van der Waals surface area contributed by atoms with Crippen molar-refractivity contribution in [3.05, 3.63) is 28.5 Å². The standard InChI is InChI=1S/C14H18BrFN2/c15-13-5-4-11(9-14(13)16)18-8-2-7-17-6-1-3-12(17)10-18/h4-5,9,12H,1-3,6-8,10H2. The van der Waals surface area contributed by atoms with E-state index in [1.165, 1.54) is 32.4 Å². The Labute approximate surface area is 116 Å². The topological polar surface area (TPSA) is 6.48 Å². The number of hydrogen-bond donors (Lipinski definition) is 0. The average molecular weight is 313 g/mol. The first-order chi connectivity index (χ1) is 8.74. The predicted molar refractivity (Wildman–Crippen MR) is 75.5 cm³/mol. The van der Waals surface area contributed by atoms with E-state index in [9.17, 15) is 4.39 Å². The lowest BCUT2D eigenvalue weighted by Crippen LogP contribution is -2.36. The van der Waals surface area contributed by atoms with E-state index >= 15 is 0 Å². The van der Waals surface area contributed by atoms with Crippen molar-refractivity contribution in [2.24, 2.45) is 0 Å². The van der Waals surface area contributed by atoms with Crippen LogP contribution in [0.5, 0.6) is 0 Å². The molecule has 1 aromatic carbocycles. The number of nitrogens with zero attached hydrogens (tertiary/aromatic N) is 2. The van der Waals surface area contributed by atoms with Gasteiger partial charge in [0.05, 0.1) is 4.47 Å². The van der Waals surface area contributed by atoms with Gasteiger partial charge in [-0.3, -0.25) is 4.90 Å². The summed E-state index contributed by atoms with van der Waals surface area (Å²) in [4.78, 5) is 4.93. The summed E-state index contributed by atoms with van der Waals surface area (Å²) in [6.07, 6.45) is 3.77. The molecule has 2 fully saturated rings. The van der Waals surface area contributed by atoms with Crippen LogP contribution in [0.15, 0.2) is 22.7 Å². The SMILES string of the molecule is Fc1cc(N2CCCN3CCCC3C2)ccc1Br. The van der Waals surface area contributed by atoms with Crippen LogP contribution in [0.3, 0.4) is 0 Å². The van der Waals surface area contributed by atoms with Gasteiger partial charge in [-0.25, -0.2) is 4.39 Å². The van der Waals surface area contributed by atoms with E-state index < -0.39 is 0 Å². The third-order valence-electron chi connectivity index (χ3n) is 4.07. The largest absolute Gasteiger partial charge is 0.370 e. The molecule has 2 aliphatic heterocycles. The highest BCUT2D eigenvalue weighted by Gasteiger charge is 2.28. The van der Waals surface area contributed by atoms with Crippen molar-refractivity contribution in [1.82, 2.24) is 4.90 Å². The average Bonchev–Trinajstić information content (AvgIpc) is 2.70. The number of fused-ring (bicyclic) bond motifs is 1. The molecule has 1 unspecified atom stereocenters. The van der Waals surface area contributed by atoms with Crippen molar-refractivity contribution < 1.29 is 4.39 Å². The smallest absolute Gasteiger partial charge is 0.139 e. The Morgan fingerprint density at radius 3 is 2.83 bits per heavy atom. The molecule has 2 aliphatic rings. The van der Waals surface area contributed by atoms with Crippen molar-refractivity contribution in [1.29, 1.82) is 0 Å². The van der Waals surface area contributed by atoms with Crippen LogP contribution in [0.25, 0.3) is 0 Å². The number of benzene rings is 1. The Hall–Kier alpha value is -0.610. The maximum atomic E-state index is 13.6. The van der Waals surface area contributed by atoms with Gasteiger partial charge in [0.25, 0.3) is 0 Å². The molecule has 2 saturated heterocycles. The molecule has 0 radical (unpaired) electrons. The van der Waals surface area contributed by atoms with Crippen LogP contribution >= 0.6 is 15.9 Å². The zero-order valence-corrected chi connectivity index (χ0v) is 12.0. The van der Waals surface area contributed by atoms with E-state index in [1.54, 1.807) is 6.07 Å². The molecule has 0 aliphatic carbocycles. The normalized spacial score (nSPS) is 25.0. The highest BCUT2D eigenvalue weighted by atomic mass is 79.9. The summed E-state index contributed by atoms with van der Waals surface area (Å²) < 4.78 is 14.2. The van der Waals surface area contributed by atoms with Crippen molar-refractivity contribution >= 4 is 21.6 Å². The first-order valence-electron chi connectivity index (χ1n) is 6.68. The third kappa shape index (κ3) is 2.41. The van der Waals surface area contributed by atoms with Crippen LogP contribution in [-0.2, 0) is 0 Å². The summed E-state index contributed by atoms with van der Waals surface area (Å²) in [5.41, 5.74) is 1.02. The molecule has 0 bridgehead atoms. The van der Waals surface area contributed by atoms with Gasteiger partial charge in [-0.15, -0.1) is 0 Å². The van der Waals surface area contributed by atoms with Crippen LogP contribution < -0.4 is 4.90 Å². The fourth-order valence-corrected chi connectivity index (χ4v) is 3.37. The number of hydrogen-bond acceptors (Lipinski definition) is 2. The first-order valence-corrected chi connectivity index (χ1v) is 7.47. The maximum absolute atomic E-state index is 13.6. The van der Waals surface area contributed by atoms with Crippen molar-refractivity contribution in [2.45, 2.75) is 25.3 Å². The zero-order valence-electron chi connectivity index (χ0n) is 10.4. The van der Waals surface area contributed by atoms with E-state index in [0.717, 1.165) is 18.8 Å². The quantitative estimate of drug-likeness (QED) is 0.785.